The summed E-state index contributed by atoms with van der Waals surface area (Å²) in [5, 5.41) is 40.2. The quantitative estimate of drug-likeness (QED) is 0.0590. The van der Waals surface area contributed by atoms with Gasteiger partial charge in [0.05, 0.1) is 12.2 Å². The molecule has 0 fully saturated rings. The zero-order valence-electron chi connectivity index (χ0n) is 28.6. The maximum Gasteiger partial charge on any atom is 2.00 e. The summed E-state index contributed by atoms with van der Waals surface area (Å²) in [5.41, 5.74) is 0. The van der Waals surface area contributed by atoms with Crippen molar-refractivity contribution < 1.29 is 30.0 Å². The van der Waals surface area contributed by atoms with Gasteiger partial charge in [0.25, 0.3) is 0 Å². The third kappa shape index (κ3) is 46.2. The number of hydrogen-bond donors (Lipinski definition) is 2. The van der Waals surface area contributed by atoms with Crippen LogP contribution in [0.15, 0.2) is 0 Å². The van der Waals surface area contributed by atoms with Crippen molar-refractivity contribution in [3.8, 4) is 0 Å². The molecular formula is C36H70MgO6. The van der Waals surface area contributed by atoms with E-state index in [2.05, 4.69) is 13.8 Å². The fourth-order valence-electron chi connectivity index (χ4n) is 5.32. The molecule has 2 unspecified atom stereocenters. The Morgan fingerprint density at radius 1 is 0.419 bits per heavy atom. The van der Waals surface area contributed by atoms with Crippen molar-refractivity contribution in [2.45, 2.75) is 219 Å². The second-order valence-corrected chi connectivity index (χ2v) is 12.5. The first-order chi connectivity index (χ1) is 20.3. The van der Waals surface area contributed by atoms with Crippen molar-refractivity contribution in [3.05, 3.63) is 0 Å². The molecular weight excluding hydrogens is 553 g/mol. The zero-order chi connectivity index (χ0) is 31.5. The molecule has 0 aliphatic carbocycles. The summed E-state index contributed by atoms with van der Waals surface area (Å²) in [6, 6.07) is 0. The smallest absolute Gasteiger partial charge is 0.550 e. The van der Waals surface area contributed by atoms with E-state index < -0.39 is 11.9 Å². The Morgan fingerprint density at radius 3 is 0.860 bits per heavy atom. The van der Waals surface area contributed by atoms with E-state index in [4.69, 9.17) is 0 Å². The third-order valence-electron chi connectivity index (χ3n) is 8.12. The van der Waals surface area contributed by atoms with Crippen LogP contribution in [0.5, 0.6) is 0 Å². The number of carboxylic acid groups (broad SMARTS) is 2. The molecule has 252 valence electrons. The molecule has 6 nitrogen and oxygen atoms in total. The van der Waals surface area contributed by atoms with Crippen LogP contribution in [0, 0.1) is 0 Å². The number of carboxylic acids is 2. The normalized spacial score (nSPS) is 12.2. The summed E-state index contributed by atoms with van der Waals surface area (Å²) >= 11 is 0. The summed E-state index contributed by atoms with van der Waals surface area (Å²) in [4.78, 5) is 20.5. The number of aliphatic hydroxyl groups excluding tert-OH is 2. The fraction of sp³-hybridized carbons (Fsp3) is 0.944. The average molecular weight is 623 g/mol. The second-order valence-electron chi connectivity index (χ2n) is 12.5. The van der Waals surface area contributed by atoms with Gasteiger partial charge in [0.1, 0.15) is 0 Å². The van der Waals surface area contributed by atoms with E-state index in [0.717, 1.165) is 116 Å². The average Bonchev–Trinajstić information content (AvgIpc) is 2.95. The fourth-order valence-corrected chi connectivity index (χ4v) is 5.32. The van der Waals surface area contributed by atoms with Gasteiger partial charge in [-0.1, -0.05) is 155 Å². The van der Waals surface area contributed by atoms with Crippen molar-refractivity contribution in [2.24, 2.45) is 0 Å². The number of rotatable bonds is 32. The van der Waals surface area contributed by atoms with Gasteiger partial charge in [0.2, 0.25) is 0 Å². The molecule has 0 bridgehead atoms. The molecule has 0 heterocycles. The van der Waals surface area contributed by atoms with Crippen LogP contribution in [-0.2, 0) is 9.59 Å². The van der Waals surface area contributed by atoms with Gasteiger partial charge in [0.15, 0.2) is 0 Å². The maximum atomic E-state index is 10.2. The van der Waals surface area contributed by atoms with E-state index in [0.29, 0.717) is 0 Å². The van der Waals surface area contributed by atoms with Crippen molar-refractivity contribution in [2.75, 3.05) is 0 Å². The molecule has 0 aromatic heterocycles. The van der Waals surface area contributed by atoms with Gasteiger partial charge in [0, 0.05) is 11.9 Å². The summed E-state index contributed by atoms with van der Waals surface area (Å²) in [7, 11) is 0. The first kappa shape index (κ1) is 47.0. The largest absolute Gasteiger partial charge is 2.00 e. The molecule has 0 aliphatic rings. The molecule has 2 atom stereocenters. The number of aliphatic hydroxyl groups is 2. The van der Waals surface area contributed by atoms with Crippen LogP contribution < -0.4 is 10.2 Å². The topological polar surface area (TPSA) is 121 Å². The summed E-state index contributed by atoms with van der Waals surface area (Å²) in [6.45, 7) is 4.46. The molecule has 0 radical (unpaired) electrons. The standard InChI is InChI=1S/2C18H36O3.Mg/c2*1-2-3-4-5-8-11-14-17(19)15-12-9-6-7-10-13-16-18(20)21;/h2*17,19H,2-16H2,1H3,(H,20,21);/q;;+2/p-2. The van der Waals surface area contributed by atoms with Crippen molar-refractivity contribution in [1.82, 2.24) is 0 Å². The van der Waals surface area contributed by atoms with Gasteiger partial charge >= 0.3 is 23.1 Å². The summed E-state index contributed by atoms with van der Waals surface area (Å²) < 4.78 is 0. The Kier molecular flexibility index (Phi) is 43.4. The van der Waals surface area contributed by atoms with Crippen LogP contribution in [0.4, 0.5) is 0 Å². The zero-order valence-corrected chi connectivity index (χ0v) is 30.0. The van der Waals surface area contributed by atoms with Gasteiger partial charge in [-0.15, -0.1) is 0 Å². The van der Waals surface area contributed by atoms with Crippen LogP contribution in [0.3, 0.4) is 0 Å². The predicted octanol–water partition coefficient (Wildman–Crippen LogP) is 7.56. The SMILES string of the molecule is CCCCCCCCC(O)CCCCCCCCC(=O)[O-].CCCCCCCCC(O)CCCCCCCCC(=O)[O-].[Mg+2]. The molecule has 0 spiro atoms. The molecule has 2 N–H and O–H groups in total. The minimum absolute atomic E-state index is 0. The molecule has 0 amide bonds. The van der Waals surface area contributed by atoms with E-state index in [1.807, 2.05) is 0 Å². The monoisotopic (exact) mass is 623 g/mol. The number of carbonyl (C=O) groups is 2. The van der Waals surface area contributed by atoms with Crippen LogP contribution in [0.1, 0.15) is 206 Å². The summed E-state index contributed by atoms with van der Waals surface area (Å²) in [5.74, 6) is -1.87. The Bertz CT molecular complexity index is 512. The van der Waals surface area contributed by atoms with Crippen molar-refractivity contribution in [3.63, 3.8) is 0 Å². The van der Waals surface area contributed by atoms with Gasteiger partial charge in [-0.2, -0.15) is 0 Å². The first-order valence-electron chi connectivity index (χ1n) is 18.1. The van der Waals surface area contributed by atoms with E-state index in [1.54, 1.807) is 0 Å². The Labute approximate surface area is 282 Å². The molecule has 0 aromatic carbocycles. The van der Waals surface area contributed by atoms with Crippen LogP contribution in [0.25, 0.3) is 0 Å². The Balaban J connectivity index is -0.000000727. The van der Waals surface area contributed by atoms with Gasteiger partial charge in [-0.25, -0.2) is 0 Å². The van der Waals surface area contributed by atoms with E-state index in [1.165, 1.54) is 64.2 Å². The molecule has 7 heteroatoms. The first-order valence-corrected chi connectivity index (χ1v) is 18.1. The number of aliphatic carboxylic acids is 2. The minimum Gasteiger partial charge on any atom is -0.550 e. The van der Waals surface area contributed by atoms with Gasteiger partial charge < -0.3 is 30.0 Å². The molecule has 43 heavy (non-hydrogen) atoms. The van der Waals surface area contributed by atoms with Crippen molar-refractivity contribution >= 4 is 35.0 Å². The van der Waals surface area contributed by atoms with Crippen molar-refractivity contribution in [1.29, 1.82) is 0 Å². The number of unbranched alkanes of at least 4 members (excludes halogenated alkanes) is 20. The van der Waals surface area contributed by atoms with Gasteiger partial charge in [-0.05, 0) is 51.4 Å². The molecule has 0 saturated heterocycles. The molecule has 0 aliphatic heterocycles. The molecule has 0 saturated carbocycles. The van der Waals surface area contributed by atoms with Crippen LogP contribution >= 0.6 is 0 Å². The third-order valence-corrected chi connectivity index (χ3v) is 8.12. The number of carbonyl (C=O) groups excluding carboxylic acids is 2. The summed E-state index contributed by atoms with van der Waals surface area (Å²) in [6.07, 6.45) is 31.7. The Hall–Kier alpha value is -0.374. The minimum atomic E-state index is -0.937. The predicted molar refractivity (Wildman–Crippen MR) is 178 cm³/mol. The van der Waals surface area contributed by atoms with Crippen LogP contribution in [0.2, 0.25) is 0 Å². The second kappa shape index (κ2) is 39.7. The molecule has 0 rings (SSSR count). The Morgan fingerprint density at radius 2 is 0.628 bits per heavy atom. The molecule has 0 aromatic rings. The van der Waals surface area contributed by atoms with E-state index in [-0.39, 0.29) is 48.1 Å². The van der Waals surface area contributed by atoms with E-state index in [9.17, 15) is 30.0 Å². The van der Waals surface area contributed by atoms with E-state index >= 15 is 0 Å². The number of hydrogen-bond acceptors (Lipinski definition) is 6. The maximum absolute atomic E-state index is 10.2. The van der Waals surface area contributed by atoms with Crippen LogP contribution in [-0.4, -0.2) is 57.4 Å². The van der Waals surface area contributed by atoms with Gasteiger partial charge in [-0.3, -0.25) is 0 Å².